The van der Waals surface area contributed by atoms with E-state index in [2.05, 4.69) is 29.9 Å². The number of likely N-dealkylation sites (N-methyl/N-ethyl adjacent to an activating group) is 1. The van der Waals surface area contributed by atoms with Crippen LogP contribution >= 0.6 is 0 Å². The van der Waals surface area contributed by atoms with Crippen molar-refractivity contribution < 1.29 is 4.79 Å². The van der Waals surface area contributed by atoms with Gasteiger partial charge in [-0.25, -0.2) is 0 Å². The zero-order valence-corrected chi connectivity index (χ0v) is 15.5. The summed E-state index contributed by atoms with van der Waals surface area (Å²) >= 11 is 0. The number of Topliss-reactive ketones (excluding diaryl/α,β-unsaturated/α-hetero) is 1. The Balaban J connectivity index is 1.76. The number of fused-ring (bicyclic) bond motifs is 1. The maximum atomic E-state index is 12.6. The van der Waals surface area contributed by atoms with Crippen LogP contribution in [0.15, 0.2) is 29.1 Å². The van der Waals surface area contributed by atoms with E-state index in [0.29, 0.717) is 24.4 Å². The van der Waals surface area contributed by atoms with Gasteiger partial charge >= 0.3 is 0 Å². The molecule has 0 amide bonds. The van der Waals surface area contributed by atoms with Gasteiger partial charge in [-0.1, -0.05) is 12.1 Å². The fourth-order valence-electron chi connectivity index (χ4n) is 3.71. The van der Waals surface area contributed by atoms with Crippen LogP contribution in [0.4, 0.5) is 0 Å². The summed E-state index contributed by atoms with van der Waals surface area (Å²) in [5, 5.41) is 0. The topological polar surface area (TPSA) is 53.2 Å². The molecule has 4 heteroatoms. The molecule has 1 atom stereocenters. The lowest BCUT2D eigenvalue weighted by Crippen LogP contribution is -2.30. The molecule has 0 aliphatic carbocycles. The van der Waals surface area contributed by atoms with E-state index in [1.165, 1.54) is 11.1 Å². The number of hydrogen-bond acceptors (Lipinski definition) is 3. The van der Waals surface area contributed by atoms with Crippen LogP contribution in [0.1, 0.15) is 57.7 Å². The Morgan fingerprint density at radius 3 is 2.76 bits per heavy atom. The van der Waals surface area contributed by atoms with E-state index in [0.717, 1.165) is 29.8 Å². The van der Waals surface area contributed by atoms with Gasteiger partial charge < -0.3 is 4.98 Å². The largest absolute Gasteiger partial charge is 0.326 e. The number of carbonyl (C=O) groups is 1. The van der Waals surface area contributed by atoms with Gasteiger partial charge in [-0.3, -0.25) is 14.5 Å². The molecule has 4 nitrogen and oxygen atoms in total. The average Bonchev–Trinajstić information content (AvgIpc) is 2.56. The van der Waals surface area contributed by atoms with Gasteiger partial charge in [0.2, 0.25) is 0 Å². The van der Waals surface area contributed by atoms with Gasteiger partial charge in [0.15, 0.2) is 5.78 Å². The maximum Gasteiger partial charge on any atom is 0.251 e. The van der Waals surface area contributed by atoms with E-state index < -0.39 is 0 Å². The van der Waals surface area contributed by atoms with E-state index >= 15 is 0 Å². The number of nitrogens with one attached hydrogen (secondary N) is 1. The van der Waals surface area contributed by atoms with Crippen molar-refractivity contribution in [2.24, 2.45) is 0 Å². The molecule has 0 saturated heterocycles. The first-order valence-corrected chi connectivity index (χ1v) is 8.92. The van der Waals surface area contributed by atoms with Gasteiger partial charge in [0.05, 0.1) is 0 Å². The first-order chi connectivity index (χ1) is 11.9. The summed E-state index contributed by atoms with van der Waals surface area (Å²) < 4.78 is 0. The van der Waals surface area contributed by atoms with Crippen molar-refractivity contribution in [2.45, 2.75) is 46.1 Å². The Kier molecular flexibility index (Phi) is 4.91. The number of aromatic nitrogens is 1. The third kappa shape index (κ3) is 3.59. The maximum absolute atomic E-state index is 12.6. The number of aromatic amines is 1. The first kappa shape index (κ1) is 17.6. The zero-order chi connectivity index (χ0) is 18.1. The normalized spacial score (nSPS) is 17.4. The quantitative estimate of drug-likeness (QED) is 0.870. The second-order valence-corrected chi connectivity index (χ2v) is 7.19. The minimum atomic E-state index is -0.0763. The van der Waals surface area contributed by atoms with Crippen molar-refractivity contribution in [2.75, 3.05) is 13.6 Å². The summed E-state index contributed by atoms with van der Waals surface area (Å²) in [5.41, 5.74) is 5.80. The van der Waals surface area contributed by atoms with Crippen LogP contribution in [-0.2, 0) is 12.8 Å². The van der Waals surface area contributed by atoms with Gasteiger partial charge in [-0.2, -0.15) is 0 Å². The lowest BCUT2D eigenvalue weighted by molar-refractivity contribution is 0.0982. The molecule has 25 heavy (non-hydrogen) atoms. The van der Waals surface area contributed by atoms with E-state index in [9.17, 15) is 9.59 Å². The molecule has 0 saturated carbocycles. The van der Waals surface area contributed by atoms with Crippen molar-refractivity contribution in [3.63, 3.8) is 0 Å². The summed E-state index contributed by atoms with van der Waals surface area (Å²) in [5.74, 6) is 0.105. The number of nitrogens with zero attached hydrogens (tertiary/aromatic N) is 1. The summed E-state index contributed by atoms with van der Waals surface area (Å²) in [7, 11) is 2.13. The number of rotatable bonds is 4. The lowest BCUT2D eigenvalue weighted by atomic mass is 9.90. The predicted octanol–water partition coefficient (Wildman–Crippen LogP) is 3.36. The molecule has 0 spiro atoms. The number of carbonyl (C=O) groups excluding carboxylic acids is 1. The number of aryl methyl sites for hydroxylation is 2. The highest BCUT2D eigenvalue weighted by molar-refractivity contribution is 5.96. The SMILES string of the molecule is Cc1cc(C)c(CCC(=O)c2ccc3c(c2)CCN(C)C3C)c(=O)[nH]1. The van der Waals surface area contributed by atoms with Crippen molar-refractivity contribution in [3.8, 4) is 0 Å². The Hall–Kier alpha value is -2.20. The third-order valence-electron chi connectivity index (χ3n) is 5.41. The number of ketones is 1. The van der Waals surface area contributed by atoms with Crippen LogP contribution in [0.5, 0.6) is 0 Å². The van der Waals surface area contributed by atoms with Crippen LogP contribution in [0.25, 0.3) is 0 Å². The molecule has 3 rings (SSSR count). The first-order valence-electron chi connectivity index (χ1n) is 8.92. The Morgan fingerprint density at radius 1 is 1.28 bits per heavy atom. The van der Waals surface area contributed by atoms with E-state index in [1.807, 2.05) is 32.0 Å². The number of benzene rings is 1. The van der Waals surface area contributed by atoms with Crippen molar-refractivity contribution in [1.82, 2.24) is 9.88 Å². The molecule has 2 heterocycles. The summed E-state index contributed by atoms with van der Waals surface area (Å²) in [6.45, 7) is 7.02. The minimum absolute atomic E-state index is 0.0763. The smallest absolute Gasteiger partial charge is 0.251 e. The summed E-state index contributed by atoms with van der Waals surface area (Å²) in [4.78, 5) is 29.9. The molecule has 1 aliphatic heterocycles. The molecule has 1 N–H and O–H groups in total. The van der Waals surface area contributed by atoms with Gasteiger partial charge in [0.1, 0.15) is 0 Å². The number of pyridine rings is 1. The highest BCUT2D eigenvalue weighted by Gasteiger charge is 2.21. The minimum Gasteiger partial charge on any atom is -0.326 e. The summed E-state index contributed by atoms with van der Waals surface area (Å²) in [6, 6.07) is 8.42. The molecule has 0 radical (unpaired) electrons. The van der Waals surface area contributed by atoms with Crippen molar-refractivity contribution in [1.29, 1.82) is 0 Å². The van der Waals surface area contributed by atoms with Crippen molar-refractivity contribution >= 4 is 5.78 Å². The Bertz CT molecular complexity index is 867. The van der Waals surface area contributed by atoms with E-state index in [4.69, 9.17) is 0 Å². The van der Waals surface area contributed by atoms with Crippen LogP contribution in [0.3, 0.4) is 0 Å². The molecular weight excluding hydrogens is 312 g/mol. The summed E-state index contributed by atoms with van der Waals surface area (Å²) in [6.07, 6.45) is 1.83. The second kappa shape index (κ2) is 6.96. The zero-order valence-electron chi connectivity index (χ0n) is 15.5. The van der Waals surface area contributed by atoms with Gasteiger partial charge in [0, 0.05) is 35.8 Å². The van der Waals surface area contributed by atoms with Gasteiger partial charge in [0.25, 0.3) is 5.56 Å². The highest BCUT2D eigenvalue weighted by Crippen LogP contribution is 2.29. The molecule has 1 aromatic heterocycles. The van der Waals surface area contributed by atoms with Crippen LogP contribution in [0, 0.1) is 13.8 Å². The molecule has 0 bridgehead atoms. The fraction of sp³-hybridized carbons (Fsp3) is 0.429. The van der Waals surface area contributed by atoms with Crippen LogP contribution in [0.2, 0.25) is 0 Å². The van der Waals surface area contributed by atoms with Crippen molar-refractivity contribution in [3.05, 3.63) is 68.1 Å². The fourth-order valence-corrected chi connectivity index (χ4v) is 3.71. The molecule has 2 aromatic rings. The third-order valence-corrected chi connectivity index (χ3v) is 5.41. The Labute approximate surface area is 148 Å². The van der Waals surface area contributed by atoms with E-state index in [-0.39, 0.29) is 11.3 Å². The molecular formula is C21H26N2O2. The predicted molar refractivity (Wildman–Crippen MR) is 100 cm³/mol. The number of hydrogen-bond donors (Lipinski definition) is 1. The van der Waals surface area contributed by atoms with Crippen LogP contribution < -0.4 is 5.56 Å². The van der Waals surface area contributed by atoms with Crippen LogP contribution in [-0.4, -0.2) is 29.3 Å². The number of H-pyrrole nitrogens is 1. The molecule has 1 aliphatic rings. The standard InChI is InChI=1S/C21H26N2O2/c1-13-11-14(2)22-21(25)18(13)7-8-20(24)17-5-6-19-15(3)23(4)10-9-16(19)12-17/h5-6,11-12,15H,7-10H2,1-4H3,(H,22,25). The highest BCUT2D eigenvalue weighted by atomic mass is 16.1. The average molecular weight is 338 g/mol. The molecule has 1 aromatic carbocycles. The monoisotopic (exact) mass is 338 g/mol. The Morgan fingerprint density at radius 2 is 2.04 bits per heavy atom. The van der Waals surface area contributed by atoms with E-state index in [1.54, 1.807) is 0 Å². The van der Waals surface area contributed by atoms with Gasteiger partial charge in [-0.05, 0) is 69.5 Å². The van der Waals surface area contributed by atoms with Gasteiger partial charge in [-0.15, -0.1) is 0 Å². The second-order valence-electron chi connectivity index (χ2n) is 7.19. The molecule has 132 valence electrons. The molecule has 0 fully saturated rings. The molecule has 1 unspecified atom stereocenters. The lowest BCUT2D eigenvalue weighted by Gasteiger charge is -2.32.